The predicted octanol–water partition coefficient (Wildman–Crippen LogP) is 5.87. The summed E-state index contributed by atoms with van der Waals surface area (Å²) in [6, 6.07) is 12.9. The molecule has 4 rings (SSSR count). The first-order valence-corrected chi connectivity index (χ1v) is 11.5. The van der Waals surface area contributed by atoms with Gasteiger partial charge in [0.2, 0.25) is 5.91 Å². The average molecular weight is 454 g/mol. The van der Waals surface area contributed by atoms with E-state index in [4.69, 9.17) is 16.7 Å². The number of hydrogen-bond donors (Lipinski definition) is 1. The van der Waals surface area contributed by atoms with Gasteiger partial charge in [0.1, 0.15) is 5.82 Å². The molecule has 0 radical (unpaired) electrons. The highest BCUT2D eigenvalue weighted by Crippen LogP contribution is 2.28. The third-order valence-corrected chi connectivity index (χ3v) is 6.45. The van der Waals surface area contributed by atoms with Gasteiger partial charge in [-0.25, -0.2) is 9.07 Å². The van der Waals surface area contributed by atoms with Crippen LogP contribution in [-0.4, -0.2) is 15.7 Å². The summed E-state index contributed by atoms with van der Waals surface area (Å²) in [7, 11) is 0. The van der Waals surface area contributed by atoms with Gasteiger partial charge in [-0.05, 0) is 67.1 Å². The molecule has 1 atom stereocenters. The number of rotatable bonds is 5. The molecule has 4 nitrogen and oxygen atoms in total. The van der Waals surface area contributed by atoms with Gasteiger partial charge >= 0.3 is 0 Å². The molecule has 168 valence electrons. The van der Waals surface area contributed by atoms with E-state index in [1.54, 1.807) is 16.8 Å². The third kappa shape index (κ3) is 4.58. The molecule has 0 spiro atoms. The minimum absolute atomic E-state index is 0.0369. The van der Waals surface area contributed by atoms with E-state index in [0.717, 1.165) is 29.8 Å². The summed E-state index contributed by atoms with van der Waals surface area (Å²) in [6.07, 6.45) is 3.41. The number of benzene rings is 2. The van der Waals surface area contributed by atoms with Crippen LogP contribution in [0.5, 0.6) is 0 Å². The molecule has 6 heteroatoms. The van der Waals surface area contributed by atoms with Gasteiger partial charge in [0.05, 0.1) is 34.6 Å². The second-order valence-corrected chi connectivity index (χ2v) is 10.0. The van der Waals surface area contributed by atoms with Crippen LogP contribution < -0.4 is 5.32 Å². The van der Waals surface area contributed by atoms with Gasteiger partial charge in [0.25, 0.3) is 0 Å². The Bertz CT molecular complexity index is 1160. The number of aryl methyl sites for hydroxylation is 2. The van der Waals surface area contributed by atoms with E-state index in [-0.39, 0.29) is 22.3 Å². The van der Waals surface area contributed by atoms with Crippen LogP contribution >= 0.6 is 11.6 Å². The summed E-state index contributed by atoms with van der Waals surface area (Å²) in [6.45, 7) is 8.48. The van der Waals surface area contributed by atoms with E-state index in [1.165, 1.54) is 23.6 Å². The predicted molar refractivity (Wildman–Crippen MR) is 126 cm³/mol. The molecular formula is C26H29ClFN3O. The maximum Gasteiger partial charge on any atom is 0.227 e. The molecule has 1 aromatic heterocycles. The molecule has 32 heavy (non-hydrogen) atoms. The van der Waals surface area contributed by atoms with E-state index in [1.807, 2.05) is 13.0 Å². The van der Waals surface area contributed by atoms with E-state index in [2.05, 4.69) is 44.3 Å². The first kappa shape index (κ1) is 22.5. The standard InChI is InChI=1S/C26H29ClFN3O/c1-16(18-9-8-17-6-5-7-19(17)12-18)25(32)29-15-21-14-24(26(2,3)4)30-31(21)20-10-11-23(28)22(27)13-20/h8-14,16H,5-7,15H2,1-4H3,(H,29,32). The molecule has 1 unspecified atom stereocenters. The zero-order valence-electron chi connectivity index (χ0n) is 19.0. The van der Waals surface area contributed by atoms with E-state index >= 15 is 0 Å². The van der Waals surface area contributed by atoms with E-state index in [0.29, 0.717) is 12.2 Å². The maximum atomic E-state index is 13.7. The Kier molecular flexibility index (Phi) is 6.13. The summed E-state index contributed by atoms with van der Waals surface area (Å²) in [5.41, 5.74) is 5.98. The molecule has 3 aromatic rings. The second-order valence-electron chi connectivity index (χ2n) is 9.60. The van der Waals surface area contributed by atoms with Crippen LogP contribution in [0.3, 0.4) is 0 Å². The van der Waals surface area contributed by atoms with Crippen molar-refractivity contribution >= 4 is 17.5 Å². The van der Waals surface area contributed by atoms with Crippen molar-refractivity contribution in [2.24, 2.45) is 0 Å². The number of aromatic nitrogens is 2. The van der Waals surface area contributed by atoms with Gasteiger partial charge in [-0.1, -0.05) is 50.6 Å². The van der Waals surface area contributed by atoms with Gasteiger partial charge in [-0.3, -0.25) is 4.79 Å². The normalized spacial score (nSPS) is 14.3. The SMILES string of the molecule is CC(C(=O)NCc1cc(C(C)(C)C)nn1-c1ccc(F)c(Cl)c1)c1ccc2c(c1)CCC2. The lowest BCUT2D eigenvalue weighted by atomic mass is 9.92. The Morgan fingerprint density at radius 2 is 1.91 bits per heavy atom. The number of nitrogens with zero attached hydrogens (tertiary/aromatic N) is 2. The highest BCUT2D eigenvalue weighted by Gasteiger charge is 2.23. The number of fused-ring (bicyclic) bond motifs is 1. The fourth-order valence-electron chi connectivity index (χ4n) is 4.10. The third-order valence-electron chi connectivity index (χ3n) is 6.16. The number of hydrogen-bond acceptors (Lipinski definition) is 2. The number of nitrogens with one attached hydrogen (secondary N) is 1. The van der Waals surface area contributed by atoms with Crippen LogP contribution in [0.25, 0.3) is 5.69 Å². The molecule has 1 heterocycles. The lowest BCUT2D eigenvalue weighted by Crippen LogP contribution is -2.28. The largest absolute Gasteiger partial charge is 0.350 e. The molecule has 0 fully saturated rings. The maximum absolute atomic E-state index is 13.7. The van der Waals surface area contributed by atoms with Crippen molar-refractivity contribution in [3.05, 3.63) is 81.4 Å². The van der Waals surface area contributed by atoms with E-state index in [9.17, 15) is 9.18 Å². The van der Waals surface area contributed by atoms with Gasteiger partial charge in [-0.2, -0.15) is 5.10 Å². The van der Waals surface area contributed by atoms with Crippen LogP contribution in [0.1, 0.15) is 68.1 Å². The van der Waals surface area contributed by atoms with Crippen LogP contribution in [-0.2, 0) is 29.6 Å². The molecule has 1 aliphatic rings. The first-order valence-electron chi connectivity index (χ1n) is 11.1. The smallest absolute Gasteiger partial charge is 0.227 e. The number of halogens is 2. The zero-order valence-corrected chi connectivity index (χ0v) is 19.8. The summed E-state index contributed by atoms with van der Waals surface area (Å²) >= 11 is 6.00. The number of carbonyl (C=O) groups is 1. The Morgan fingerprint density at radius 1 is 1.16 bits per heavy atom. The van der Waals surface area contributed by atoms with Gasteiger partial charge < -0.3 is 5.32 Å². The molecule has 1 N–H and O–H groups in total. The number of amides is 1. The minimum atomic E-state index is -0.475. The quantitative estimate of drug-likeness (QED) is 0.525. The molecular weight excluding hydrogens is 425 g/mol. The van der Waals surface area contributed by atoms with Crippen molar-refractivity contribution in [3.63, 3.8) is 0 Å². The lowest BCUT2D eigenvalue weighted by molar-refractivity contribution is -0.122. The summed E-state index contributed by atoms with van der Waals surface area (Å²) in [5.74, 6) is -0.763. The fraction of sp³-hybridized carbons (Fsp3) is 0.385. The molecule has 1 aliphatic carbocycles. The highest BCUT2D eigenvalue weighted by atomic mass is 35.5. The Morgan fingerprint density at radius 3 is 2.62 bits per heavy atom. The van der Waals surface area contributed by atoms with Crippen LogP contribution in [0.4, 0.5) is 4.39 Å². The molecule has 2 aromatic carbocycles. The van der Waals surface area contributed by atoms with Gasteiger partial charge in [0, 0.05) is 5.41 Å². The molecule has 0 saturated carbocycles. The van der Waals surface area contributed by atoms with E-state index < -0.39 is 5.82 Å². The minimum Gasteiger partial charge on any atom is -0.350 e. The lowest BCUT2D eigenvalue weighted by Gasteiger charge is -2.15. The summed E-state index contributed by atoms with van der Waals surface area (Å²) in [4.78, 5) is 13.0. The first-order chi connectivity index (χ1) is 15.1. The van der Waals surface area contributed by atoms with Crippen LogP contribution in [0.15, 0.2) is 42.5 Å². The summed E-state index contributed by atoms with van der Waals surface area (Å²) < 4.78 is 15.4. The Balaban J connectivity index is 1.56. The van der Waals surface area contributed by atoms with Gasteiger partial charge in [-0.15, -0.1) is 0 Å². The topological polar surface area (TPSA) is 46.9 Å². The number of carbonyl (C=O) groups excluding carboxylic acids is 1. The van der Waals surface area contributed by atoms with Crippen molar-refractivity contribution < 1.29 is 9.18 Å². The Hall–Kier alpha value is -2.66. The fourth-order valence-corrected chi connectivity index (χ4v) is 4.27. The van der Waals surface area contributed by atoms with Crippen molar-refractivity contribution in [2.45, 2.75) is 64.8 Å². The molecule has 1 amide bonds. The van der Waals surface area contributed by atoms with Crippen molar-refractivity contribution in [3.8, 4) is 5.69 Å². The Labute approximate surface area is 193 Å². The summed E-state index contributed by atoms with van der Waals surface area (Å²) in [5, 5.41) is 7.82. The van der Waals surface area contributed by atoms with Crippen LogP contribution in [0, 0.1) is 5.82 Å². The monoisotopic (exact) mass is 453 g/mol. The molecule has 0 aliphatic heterocycles. The van der Waals surface area contributed by atoms with Crippen molar-refractivity contribution in [1.29, 1.82) is 0 Å². The average Bonchev–Trinajstić information content (AvgIpc) is 3.39. The second kappa shape index (κ2) is 8.70. The van der Waals surface area contributed by atoms with Gasteiger partial charge in [0.15, 0.2) is 0 Å². The molecule has 0 saturated heterocycles. The van der Waals surface area contributed by atoms with Crippen LogP contribution in [0.2, 0.25) is 5.02 Å². The van der Waals surface area contributed by atoms with Crippen molar-refractivity contribution in [2.75, 3.05) is 0 Å². The zero-order chi connectivity index (χ0) is 23.0. The highest BCUT2D eigenvalue weighted by molar-refractivity contribution is 6.30. The molecule has 0 bridgehead atoms. The van der Waals surface area contributed by atoms with Crippen molar-refractivity contribution in [1.82, 2.24) is 15.1 Å².